The molecule has 5 rings (SSSR count). The number of hydrogen-bond donors (Lipinski definition) is 1. The third-order valence-electron chi connectivity index (χ3n) is 5.04. The van der Waals surface area contributed by atoms with Gasteiger partial charge in [-0.3, -0.25) is 9.78 Å². The molecule has 3 heterocycles. The molecule has 2 aromatic heterocycles. The molecule has 4 aromatic rings. The number of furan rings is 1. The number of para-hydroxylation sites is 2. The number of benzene rings is 2. The Kier molecular flexibility index (Phi) is 4.33. The number of hydrogen-bond acceptors (Lipinski definition) is 4. The van der Waals surface area contributed by atoms with Gasteiger partial charge >= 0.3 is 0 Å². The summed E-state index contributed by atoms with van der Waals surface area (Å²) in [5, 5.41) is 3.08. The first kappa shape index (κ1) is 17.3. The van der Waals surface area contributed by atoms with Crippen LogP contribution in [0.2, 0.25) is 0 Å². The summed E-state index contributed by atoms with van der Waals surface area (Å²) in [4.78, 5) is 17.7. The standard InChI is InChI=1S/C24H18N2O3/c27-24(26-15-16-7-5-13-25-23(16)21-12-6-14-28-21)22-17-8-1-3-10-19(17)29-20-11-4-2-9-18(20)22/h1-14,22H,15H2,(H,26,27). The second-order valence-electron chi connectivity index (χ2n) is 6.82. The van der Waals surface area contributed by atoms with Gasteiger partial charge in [0.2, 0.25) is 5.91 Å². The van der Waals surface area contributed by atoms with Gasteiger partial charge in [-0.1, -0.05) is 42.5 Å². The molecule has 0 bridgehead atoms. The van der Waals surface area contributed by atoms with Gasteiger partial charge < -0.3 is 14.5 Å². The van der Waals surface area contributed by atoms with E-state index in [9.17, 15) is 4.79 Å². The number of amides is 1. The SMILES string of the molecule is O=C(NCc1cccnc1-c1ccco1)C1c2ccccc2Oc2ccccc21. The lowest BCUT2D eigenvalue weighted by molar-refractivity contribution is -0.122. The molecule has 1 amide bonds. The van der Waals surface area contributed by atoms with Crippen LogP contribution in [-0.4, -0.2) is 10.9 Å². The van der Waals surface area contributed by atoms with E-state index in [4.69, 9.17) is 9.15 Å². The summed E-state index contributed by atoms with van der Waals surface area (Å²) in [7, 11) is 0. The minimum Gasteiger partial charge on any atom is -0.463 e. The Balaban J connectivity index is 1.44. The number of rotatable bonds is 4. The lowest BCUT2D eigenvalue weighted by Crippen LogP contribution is -2.31. The second-order valence-corrected chi connectivity index (χ2v) is 6.82. The van der Waals surface area contributed by atoms with E-state index < -0.39 is 5.92 Å². The van der Waals surface area contributed by atoms with E-state index in [1.54, 1.807) is 12.5 Å². The summed E-state index contributed by atoms with van der Waals surface area (Å²) in [6.07, 6.45) is 3.33. The quantitative estimate of drug-likeness (QED) is 0.545. The minimum atomic E-state index is -0.431. The Bertz CT molecular complexity index is 1120. The molecule has 0 saturated carbocycles. The molecule has 1 N–H and O–H groups in total. The van der Waals surface area contributed by atoms with Crippen molar-refractivity contribution in [3.63, 3.8) is 0 Å². The van der Waals surface area contributed by atoms with Gasteiger partial charge in [0.15, 0.2) is 5.76 Å². The topological polar surface area (TPSA) is 64.4 Å². The highest BCUT2D eigenvalue weighted by Gasteiger charge is 2.32. The van der Waals surface area contributed by atoms with Crippen molar-refractivity contribution in [1.82, 2.24) is 10.3 Å². The van der Waals surface area contributed by atoms with Gasteiger partial charge in [-0.2, -0.15) is 0 Å². The van der Waals surface area contributed by atoms with E-state index in [1.807, 2.05) is 72.8 Å². The van der Waals surface area contributed by atoms with Crippen molar-refractivity contribution in [2.75, 3.05) is 0 Å². The van der Waals surface area contributed by atoms with Crippen LogP contribution in [0.1, 0.15) is 22.6 Å². The van der Waals surface area contributed by atoms with Crippen LogP contribution in [0.15, 0.2) is 89.7 Å². The zero-order valence-electron chi connectivity index (χ0n) is 15.5. The predicted octanol–water partition coefficient (Wildman–Crippen LogP) is 4.90. The van der Waals surface area contributed by atoms with Crippen molar-refractivity contribution in [2.24, 2.45) is 0 Å². The fourth-order valence-corrected chi connectivity index (χ4v) is 3.69. The third-order valence-corrected chi connectivity index (χ3v) is 5.04. The lowest BCUT2D eigenvalue weighted by Gasteiger charge is -2.27. The molecule has 0 atom stereocenters. The van der Waals surface area contributed by atoms with Crippen molar-refractivity contribution in [2.45, 2.75) is 12.5 Å². The molecule has 0 spiro atoms. The maximum Gasteiger partial charge on any atom is 0.232 e. The minimum absolute atomic E-state index is 0.0811. The summed E-state index contributed by atoms with van der Waals surface area (Å²) in [6.45, 7) is 0.352. The Morgan fingerprint density at radius 1 is 0.897 bits per heavy atom. The van der Waals surface area contributed by atoms with Crippen LogP contribution in [0.25, 0.3) is 11.5 Å². The Hall–Kier alpha value is -3.86. The largest absolute Gasteiger partial charge is 0.463 e. The number of nitrogens with one attached hydrogen (secondary N) is 1. The molecule has 5 heteroatoms. The Labute approximate surface area is 168 Å². The number of nitrogens with zero attached hydrogens (tertiary/aromatic N) is 1. The van der Waals surface area contributed by atoms with Gasteiger partial charge in [-0.15, -0.1) is 0 Å². The smallest absolute Gasteiger partial charge is 0.232 e. The molecular formula is C24H18N2O3. The van der Waals surface area contributed by atoms with Crippen molar-refractivity contribution >= 4 is 5.91 Å². The molecule has 1 aliphatic heterocycles. The maximum atomic E-state index is 13.3. The van der Waals surface area contributed by atoms with Gasteiger partial charge in [-0.05, 0) is 30.3 Å². The zero-order valence-corrected chi connectivity index (χ0v) is 15.5. The molecule has 0 radical (unpaired) electrons. The van der Waals surface area contributed by atoms with Gasteiger partial charge in [0, 0.05) is 29.4 Å². The van der Waals surface area contributed by atoms with Gasteiger partial charge in [0.05, 0.1) is 12.2 Å². The predicted molar refractivity (Wildman–Crippen MR) is 109 cm³/mol. The normalized spacial score (nSPS) is 12.6. The highest BCUT2D eigenvalue weighted by atomic mass is 16.5. The first-order chi connectivity index (χ1) is 14.3. The van der Waals surface area contributed by atoms with E-state index in [-0.39, 0.29) is 5.91 Å². The highest BCUT2D eigenvalue weighted by Crippen LogP contribution is 2.43. The molecule has 5 nitrogen and oxygen atoms in total. The summed E-state index contributed by atoms with van der Waals surface area (Å²) < 4.78 is 11.5. The summed E-state index contributed by atoms with van der Waals surface area (Å²) >= 11 is 0. The maximum absolute atomic E-state index is 13.3. The number of carbonyl (C=O) groups is 1. The van der Waals surface area contributed by atoms with Crippen LogP contribution >= 0.6 is 0 Å². The molecule has 1 aliphatic rings. The van der Waals surface area contributed by atoms with Crippen molar-refractivity contribution < 1.29 is 13.9 Å². The number of fused-ring (bicyclic) bond motifs is 2. The van der Waals surface area contributed by atoms with Crippen molar-refractivity contribution in [1.29, 1.82) is 0 Å². The molecule has 142 valence electrons. The van der Waals surface area contributed by atoms with Crippen molar-refractivity contribution in [3.05, 3.63) is 102 Å². The summed E-state index contributed by atoms with van der Waals surface area (Å²) in [6, 6.07) is 22.8. The molecule has 29 heavy (non-hydrogen) atoms. The fourth-order valence-electron chi connectivity index (χ4n) is 3.69. The zero-order chi connectivity index (χ0) is 19.6. The average molecular weight is 382 g/mol. The molecule has 2 aromatic carbocycles. The number of pyridine rings is 1. The van der Waals surface area contributed by atoms with Gasteiger partial charge in [0.25, 0.3) is 0 Å². The van der Waals surface area contributed by atoms with Crippen LogP contribution in [0.5, 0.6) is 11.5 Å². The molecular weight excluding hydrogens is 364 g/mol. The molecule has 0 unspecified atom stereocenters. The fraction of sp³-hybridized carbons (Fsp3) is 0.0833. The molecule has 0 saturated heterocycles. The van der Waals surface area contributed by atoms with E-state index in [0.717, 1.165) is 22.4 Å². The van der Waals surface area contributed by atoms with E-state index in [0.29, 0.717) is 23.8 Å². The van der Waals surface area contributed by atoms with Crippen LogP contribution in [0.4, 0.5) is 0 Å². The number of aromatic nitrogens is 1. The van der Waals surface area contributed by atoms with Crippen LogP contribution in [-0.2, 0) is 11.3 Å². The molecule has 0 aliphatic carbocycles. The van der Waals surface area contributed by atoms with Crippen LogP contribution in [0, 0.1) is 0 Å². The monoisotopic (exact) mass is 382 g/mol. The highest BCUT2D eigenvalue weighted by molar-refractivity contribution is 5.89. The third kappa shape index (κ3) is 3.17. The lowest BCUT2D eigenvalue weighted by atomic mass is 9.87. The molecule has 0 fully saturated rings. The van der Waals surface area contributed by atoms with Crippen LogP contribution in [0.3, 0.4) is 0 Å². The second kappa shape index (κ2) is 7.28. The van der Waals surface area contributed by atoms with E-state index in [1.165, 1.54) is 0 Å². The van der Waals surface area contributed by atoms with Gasteiger partial charge in [0.1, 0.15) is 17.2 Å². The van der Waals surface area contributed by atoms with Gasteiger partial charge in [-0.25, -0.2) is 0 Å². The number of ether oxygens (including phenoxy) is 1. The first-order valence-electron chi connectivity index (χ1n) is 9.42. The summed E-state index contributed by atoms with van der Waals surface area (Å²) in [5.74, 6) is 1.59. The summed E-state index contributed by atoms with van der Waals surface area (Å²) in [5.41, 5.74) is 3.34. The Morgan fingerprint density at radius 3 is 2.31 bits per heavy atom. The van der Waals surface area contributed by atoms with E-state index >= 15 is 0 Å². The van der Waals surface area contributed by atoms with E-state index in [2.05, 4.69) is 10.3 Å². The van der Waals surface area contributed by atoms with Crippen LogP contribution < -0.4 is 10.1 Å². The van der Waals surface area contributed by atoms with Crippen molar-refractivity contribution in [3.8, 4) is 23.0 Å². The average Bonchev–Trinajstić information content (AvgIpc) is 3.31. The Morgan fingerprint density at radius 2 is 1.62 bits per heavy atom. The number of carbonyl (C=O) groups excluding carboxylic acids is 1. The first-order valence-corrected chi connectivity index (χ1v) is 9.42.